The molecule has 1 heteroatoms. The highest BCUT2D eigenvalue weighted by Crippen LogP contribution is 2.13. The molecule has 0 N–H and O–H groups in total. The van der Waals surface area contributed by atoms with Crippen molar-refractivity contribution in [3.05, 3.63) is 12.2 Å². The first-order valence-corrected chi connectivity index (χ1v) is 4.07. The van der Waals surface area contributed by atoms with Crippen molar-refractivity contribution >= 4 is 0 Å². The molecule has 0 saturated heterocycles. The average molecular weight is 140 g/mol. The molecule has 0 aromatic carbocycles. The SMILES string of the molecule is CC(C)C[C@@H]1C=CCCO1. The minimum atomic E-state index is 0.397. The molecule has 0 aliphatic carbocycles. The van der Waals surface area contributed by atoms with Gasteiger partial charge in [0.25, 0.3) is 0 Å². The van der Waals surface area contributed by atoms with Crippen LogP contribution in [0.4, 0.5) is 0 Å². The minimum absolute atomic E-state index is 0.397. The number of hydrogen-bond donors (Lipinski definition) is 0. The van der Waals surface area contributed by atoms with E-state index in [0.29, 0.717) is 6.10 Å². The average Bonchev–Trinajstić information content (AvgIpc) is 1.88. The topological polar surface area (TPSA) is 9.23 Å². The van der Waals surface area contributed by atoms with E-state index < -0.39 is 0 Å². The van der Waals surface area contributed by atoms with Crippen molar-refractivity contribution < 1.29 is 4.74 Å². The van der Waals surface area contributed by atoms with E-state index in [1.807, 2.05) is 0 Å². The Bertz CT molecular complexity index is 116. The molecule has 0 spiro atoms. The van der Waals surface area contributed by atoms with E-state index in [0.717, 1.165) is 25.4 Å². The van der Waals surface area contributed by atoms with E-state index in [2.05, 4.69) is 26.0 Å². The lowest BCUT2D eigenvalue weighted by Gasteiger charge is -2.18. The van der Waals surface area contributed by atoms with E-state index >= 15 is 0 Å². The van der Waals surface area contributed by atoms with Crippen molar-refractivity contribution in [2.24, 2.45) is 5.92 Å². The van der Waals surface area contributed by atoms with Gasteiger partial charge in [0.2, 0.25) is 0 Å². The third kappa shape index (κ3) is 2.53. The first-order valence-electron chi connectivity index (χ1n) is 4.07. The van der Waals surface area contributed by atoms with Gasteiger partial charge in [0.1, 0.15) is 0 Å². The fraction of sp³-hybridized carbons (Fsp3) is 0.778. The van der Waals surface area contributed by atoms with Crippen LogP contribution in [0, 0.1) is 5.92 Å². The van der Waals surface area contributed by atoms with Crippen molar-refractivity contribution in [1.82, 2.24) is 0 Å². The molecule has 1 heterocycles. The number of rotatable bonds is 2. The van der Waals surface area contributed by atoms with Crippen LogP contribution in [0.5, 0.6) is 0 Å². The molecule has 1 aliphatic heterocycles. The van der Waals surface area contributed by atoms with Gasteiger partial charge in [-0.2, -0.15) is 0 Å². The van der Waals surface area contributed by atoms with E-state index in [9.17, 15) is 0 Å². The molecule has 0 unspecified atom stereocenters. The van der Waals surface area contributed by atoms with Gasteiger partial charge in [-0.1, -0.05) is 26.0 Å². The largest absolute Gasteiger partial charge is 0.374 e. The molecule has 10 heavy (non-hydrogen) atoms. The summed E-state index contributed by atoms with van der Waals surface area (Å²) in [6, 6.07) is 0. The van der Waals surface area contributed by atoms with Crippen molar-refractivity contribution in [2.45, 2.75) is 32.8 Å². The van der Waals surface area contributed by atoms with Crippen molar-refractivity contribution in [1.29, 1.82) is 0 Å². The highest BCUT2D eigenvalue weighted by atomic mass is 16.5. The highest BCUT2D eigenvalue weighted by molar-refractivity contribution is 4.93. The molecule has 58 valence electrons. The Hall–Kier alpha value is -0.300. The summed E-state index contributed by atoms with van der Waals surface area (Å²) in [5.41, 5.74) is 0. The molecular formula is C9H16O. The first kappa shape index (κ1) is 7.80. The summed E-state index contributed by atoms with van der Waals surface area (Å²) in [6.45, 7) is 5.37. The predicted molar refractivity (Wildman–Crippen MR) is 43.0 cm³/mol. The van der Waals surface area contributed by atoms with Gasteiger partial charge >= 0.3 is 0 Å². The summed E-state index contributed by atoms with van der Waals surface area (Å²) >= 11 is 0. The quantitative estimate of drug-likeness (QED) is 0.535. The summed E-state index contributed by atoms with van der Waals surface area (Å²) < 4.78 is 5.50. The zero-order valence-corrected chi connectivity index (χ0v) is 6.84. The molecule has 0 saturated carbocycles. The number of ether oxygens (including phenoxy) is 1. The smallest absolute Gasteiger partial charge is 0.0758 e. The molecular weight excluding hydrogens is 124 g/mol. The lowest BCUT2D eigenvalue weighted by molar-refractivity contribution is 0.0660. The third-order valence-corrected chi connectivity index (χ3v) is 1.67. The second-order valence-corrected chi connectivity index (χ2v) is 3.26. The highest BCUT2D eigenvalue weighted by Gasteiger charge is 2.09. The van der Waals surface area contributed by atoms with Crippen LogP contribution >= 0.6 is 0 Å². The van der Waals surface area contributed by atoms with Crippen LogP contribution in [0.1, 0.15) is 26.7 Å². The molecule has 0 fully saturated rings. The molecule has 1 atom stereocenters. The lowest BCUT2D eigenvalue weighted by atomic mass is 10.0. The predicted octanol–water partition coefficient (Wildman–Crippen LogP) is 2.38. The van der Waals surface area contributed by atoms with E-state index in [1.165, 1.54) is 0 Å². The van der Waals surface area contributed by atoms with Crippen LogP contribution in [0.15, 0.2) is 12.2 Å². The molecule has 1 rings (SSSR count). The summed E-state index contributed by atoms with van der Waals surface area (Å²) in [5.74, 6) is 0.743. The summed E-state index contributed by atoms with van der Waals surface area (Å²) in [4.78, 5) is 0. The van der Waals surface area contributed by atoms with Crippen LogP contribution < -0.4 is 0 Å². The fourth-order valence-electron chi connectivity index (χ4n) is 1.20. The molecule has 0 amide bonds. The van der Waals surface area contributed by atoms with Crippen LogP contribution in [0.25, 0.3) is 0 Å². The van der Waals surface area contributed by atoms with Gasteiger partial charge in [0, 0.05) is 0 Å². The molecule has 0 aromatic rings. The zero-order valence-electron chi connectivity index (χ0n) is 6.84. The molecule has 0 bridgehead atoms. The van der Waals surface area contributed by atoms with Gasteiger partial charge in [-0.25, -0.2) is 0 Å². The summed E-state index contributed by atoms with van der Waals surface area (Å²) in [5, 5.41) is 0. The lowest BCUT2D eigenvalue weighted by Crippen LogP contribution is -2.16. The molecule has 1 nitrogen and oxygen atoms in total. The van der Waals surface area contributed by atoms with Crippen molar-refractivity contribution in [3.63, 3.8) is 0 Å². The Morgan fingerprint density at radius 1 is 1.60 bits per heavy atom. The Morgan fingerprint density at radius 3 is 2.90 bits per heavy atom. The monoisotopic (exact) mass is 140 g/mol. The van der Waals surface area contributed by atoms with Crippen molar-refractivity contribution in [2.75, 3.05) is 6.61 Å². The number of hydrogen-bond acceptors (Lipinski definition) is 1. The van der Waals surface area contributed by atoms with E-state index in [4.69, 9.17) is 4.74 Å². The Labute approximate surface area is 63.1 Å². The van der Waals surface area contributed by atoms with Gasteiger partial charge in [0.15, 0.2) is 0 Å². The normalized spacial score (nSPS) is 25.7. The van der Waals surface area contributed by atoms with Gasteiger partial charge < -0.3 is 4.74 Å². The third-order valence-electron chi connectivity index (χ3n) is 1.67. The minimum Gasteiger partial charge on any atom is -0.374 e. The second kappa shape index (κ2) is 3.77. The Balaban J connectivity index is 2.26. The summed E-state index contributed by atoms with van der Waals surface area (Å²) in [6.07, 6.45) is 7.05. The fourth-order valence-corrected chi connectivity index (χ4v) is 1.20. The maximum absolute atomic E-state index is 5.50. The van der Waals surface area contributed by atoms with E-state index in [-0.39, 0.29) is 0 Å². The first-order chi connectivity index (χ1) is 4.79. The van der Waals surface area contributed by atoms with E-state index in [1.54, 1.807) is 0 Å². The van der Waals surface area contributed by atoms with Crippen LogP contribution in [0.3, 0.4) is 0 Å². The maximum Gasteiger partial charge on any atom is 0.0758 e. The standard InChI is InChI=1S/C9H16O/c1-8(2)7-9-5-3-4-6-10-9/h3,5,8-9H,4,6-7H2,1-2H3/t9-/m0/s1. The van der Waals surface area contributed by atoms with Gasteiger partial charge in [-0.05, 0) is 18.8 Å². The molecule has 1 aliphatic rings. The van der Waals surface area contributed by atoms with Gasteiger partial charge in [0.05, 0.1) is 12.7 Å². The second-order valence-electron chi connectivity index (χ2n) is 3.26. The van der Waals surface area contributed by atoms with Crippen LogP contribution in [0.2, 0.25) is 0 Å². The summed E-state index contributed by atoms with van der Waals surface area (Å²) in [7, 11) is 0. The van der Waals surface area contributed by atoms with Gasteiger partial charge in [-0.15, -0.1) is 0 Å². The van der Waals surface area contributed by atoms with Gasteiger partial charge in [-0.3, -0.25) is 0 Å². The zero-order chi connectivity index (χ0) is 7.40. The van der Waals surface area contributed by atoms with Crippen LogP contribution in [-0.2, 0) is 4.74 Å². The molecule has 0 aromatic heterocycles. The maximum atomic E-state index is 5.50. The Kier molecular flexibility index (Phi) is 2.94. The molecule has 0 radical (unpaired) electrons. The Morgan fingerprint density at radius 2 is 2.40 bits per heavy atom. The van der Waals surface area contributed by atoms with Crippen molar-refractivity contribution in [3.8, 4) is 0 Å². The van der Waals surface area contributed by atoms with Crippen LogP contribution in [-0.4, -0.2) is 12.7 Å².